The Hall–Kier alpha value is -4.11. The third kappa shape index (κ3) is 5.43. The van der Waals surface area contributed by atoms with Crippen LogP contribution in [0.1, 0.15) is 35.6 Å². The highest BCUT2D eigenvalue weighted by molar-refractivity contribution is 8.15. The van der Waals surface area contributed by atoms with E-state index in [0.29, 0.717) is 28.8 Å². The van der Waals surface area contributed by atoms with E-state index >= 15 is 0 Å². The van der Waals surface area contributed by atoms with Crippen LogP contribution >= 0.6 is 11.8 Å². The van der Waals surface area contributed by atoms with Crippen LogP contribution < -0.4 is 14.8 Å². The third-order valence-electron chi connectivity index (χ3n) is 6.44. The van der Waals surface area contributed by atoms with Gasteiger partial charge in [-0.15, -0.1) is 0 Å². The van der Waals surface area contributed by atoms with Gasteiger partial charge in [0.2, 0.25) is 5.91 Å². The number of carbonyl (C=O) groups excluding carboxylic acids is 2. The molecule has 0 spiro atoms. The number of nitrogens with zero attached hydrogens (tertiary/aromatic N) is 3. The first-order chi connectivity index (χ1) is 18.4. The summed E-state index contributed by atoms with van der Waals surface area (Å²) >= 11 is 1.27. The van der Waals surface area contributed by atoms with E-state index < -0.39 is 5.25 Å². The summed E-state index contributed by atoms with van der Waals surface area (Å²) < 4.78 is 10.9. The summed E-state index contributed by atoms with van der Waals surface area (Å²) in [7, 11) is 3.20. The summed E-state index contributed by atoms with van der Waals surface area (Å²) in [5, 5.41) is 9.43. The summed E-state index contributed by atoms with van der Waals surface area (Å²) in [4.78, 5) is 29.8. The molecule has 8 nitrogen and oxygen atoms in total. The maximum absolute atomic E-state index is 12.8. The van der Waals surface area contributed by atoms with Gasteiger partial charge in [-0.05, 0) is 42.3 Å². The van der Waals surface area contributed by atoms with Crippen molar-refractivity contribution in [3.63, 3.8) is 0 Å². The van der Waals surface area contributed by atoms with Gasteiger partial charge in [-0.3, -0.25) is 9.59 Å². The molecular weight excluding hydrogens is 500 g/mol. The lowest BCUT2D eigenvalue weighted by atomic mass is 9.98. The molecule has 0 saturated carbocycles. The van der Waals surface area contributed by atoms with Crippen LogP contribution in [0.25, 0.3) is 0 Å². The molecule has 5 rings (SSSR count). The fourth-order valence-corrected chi connectivity index (χ4v) is 5.49. The van der Waals surface area contributed by atoms with Gasteiger partial charge in [0.25, 0.3) is 5.91 Å². The predicted octanol–water partition coefficient (Wildman–Crippen LogP) is 5.19. The summed E-state index contributed by atoms with van der Waals surface area (Å²) in [5.41, 5.74) is 4.71. The highest BCUT2D eigenvalue weighted by Gasteiger charge is 2.39. The van der Waals surface area contributed by atoms with Crippen LogP contribution in [0, 0.1) is 6.92 Å². The Morgan fingerprint density at radius 1 is 1.03 bits per heavy atom. The van der Waals surface area contributed by atoms with Gasteiger partial charge in [-0.25, -0.2) is 5.01 Å². The maximum atomic E-state index is 12.8. The standard InChI is InChI=1S/C29H28N4O4S/c1-18-9-11-19(12-10-18)22-16-23(20-13-14-24(36-2)25(15-20)37-3)33(32-22)29-31-28(35)26(38-29)17-27(34)30-21-7-5-4-6-8-21/h4-15,23,26H,16-17H2,1-3H3,(H,30,34)/t23-,26-/m0/s1. The fraction of sp³-hybridized carbons (Fsp3) is 0.241. The van der Waals surface area contributed by atoms with Crippen molar-refractivity contribution in [2.45, 2.75) is 31.1 Å². The monoisotopic (exact) mass is 528 g/mol. The van der Waals surface area contributed by atoms with Crippen molar-refractivity contribution < 1.29 is 19.1 Å². The smallest absolute Gasteiger partial charge is 0.262 e. The van der Waals surface area contributed by atoms with Gasteiger partial charge in [-0.2, -0.15) is 10.1 Å². The molecule has 0 saturated heterocycles. The number of benzene rings is 3. The predicted molar refractivity (Wildman–Crippen MR) is 150 cm³/mol. The molecule has 0 radical (unpaired) electrons. The molecule has 2 heterocycles. The van der Waals surface area contributed by atoms with E-state index in [0.717, 1.165) is 16.8 Å². The molecule has 9 heteroatoms. The van der Waals surface area contributed by atoms with Gasteiger partial charge in [0.15, 0.2) is 16.7 Å². The molecule has 2 amide bonds. The van der Waals surface area contributed by atoms with Crippen molar-refractivity contribution in [2.24, 2.45) is 10.1 Å². The van der Waals surface area contributed by atoms with Crippen LogP contribution in [0.15, 0.2) is 82.9 Å². The van der Waals surface area contributed by atoms with E-state index in [1.807, 2.05) is 55.5 Å². The topological polar surface area (TPSA) is 92.6 Å². The second kappa shape index (κ2) is 11.1. The van der Waals surface area contributed by atoms with Crippen LogP contribution in [0.3, 0.4) is 0 Å². The van der Waals surface area contributed by atoms with E-state index in [1.165, 1.54) is 17.3 Å². The number of anilines is 1. The third-order valence-corrected chi connectivity index (χ3v) is 7.58. The van der Waals surface area contributed by atoms with Crippen LogP contribution in [0.2, 0.25) is 0 Å². The van der Waals surface area contributed by atoms with Gasteiger partial charge < -0.3 is 14.8 Å². The van der Waals surface area contributed by atoms with Gasteiger partial charge >= 0.3 is 0 Å². The number of aryl methyl sites for hydroxylation is 1. The first kappa shape index (κ1) is 25.5. The second-order valence-electron chi connectivity index (χ2n) is 9.05. The number of hydrogen-bond acceptors (Lipinski definition) is 7. The maximum Gasteiger partial charge on any atom is 0.262 e. The van der Waals surface area contributed by atoms with Gasteiger partial charge in [0.1, 0.15) is 5.25 Å². The highest BCUT2D eigenvalue weighted by Crippen LogP contribution is 2.41. The lowest BCUT2D eigenvalue weighted by molar-refractivity contribution is -0.121. The molecule has 2 aliphatic rings. The number of methoxy groups -OCH3 is 2. The molecule has 194 valence electrons. The number of ether oxygens (including phenoxy) is 2. The lowest BCUT2D eigenvalue weighted by Crippen LogP contribution is -2.25. The molecule has 0 aromatic heterocycles. The zero-order valence-corrected chi connectivity index (χ0v) is 22.2. The van der Waals surface area contributed by atoms with Crippen molar-refractivity contribution in [1.82, 2.24) is 5.01 Å². The summed E-state index contributed by atoms with van der Waals surface area (Å²) in [6.07, 6.45) is 0.639. The van der Waals surface area contributed by atoms with Crippen LogP contribution in [-0.2, 0) is 9.59 Å². The number of aliphatic imine (C=N–C) groups is 1. The number of amidine groups is 1. The van der Waals surface area contributed by atoms with E-state index in [4.69, 9.17) is 14.6 Å². The first-order valence-corrected chi connectivity index (χ1v) is 13.1. The average Bonchev–Trinajstić information content (AvgIpc) is 3.53. The second-order valence-corrected chi connectivity index (χ2v) is 10.2. The molecule has 2 aliphatic heterocycles. The number of thioether (sulfide) groups is 1. The number of rotatable bonds is 7. The number of carbonyl (C=O) groups is 2. The average molecular weight is 529 g/mol. The SMILES string of the molecule is COc1ccc([C@@H]2CC(c3ccc(C)cc3)=NN2C2=NC(=O)[C@H](CC(=O)Nc3ccccc3)S2)cc1OC. The van der Waals surface area contributed by atoms with Crippen molar-refractivity contribution in [3.8, 4) is 11.5 Å². The lowest BCUT2D eigenvalue weighted by Gasteiger charge is -2.24. The van der Waals surface area contributed by atoms with Crippen LogP contribution in [-0.4, -0.2) is 47.2 Å². The number of amides is 2. The fourth-order valence-electron chi connectivity index (χ4n) is 4.43. The summed E-state index contributed by atoms with van der Waals surface area (Å²) in [6.45, 7) is 2.04. The van der Waals surface area contributed by atoms with E-state index in [2.05, 4.69) is 34.6 Å². The molecule has 0 bridgehead atoms. The largest absolute Gasteiger partial charge is 0.493 e. The number of hydrazone groups is 1. The number of hydrogen-bond donors (Lipinski definition) is 1. The molecule has 2 atom stereocenters. The molecule has 38 heavy (non-hydrogen) atoms. The van der Waals surface area contributed by atoms with Crippen molar-refractivity contribution in [1.29, 1.82) is 0 Å². The highest BCUT2D eigenvalue weighted by atomic mass is 32.2. The van der Waals surface area contributed by atoms with Crippen molar-refractivity contribution in [2.75, 3.05) is 19.5 Å². The minimum Gasteiger partial charge on any atom is -0.493 e. The van der Waals surface area contributed by atoms with Crippen molar-refractivity contribution in [3.05, 3.63) is 89.5 Å². The molecular formula is C29H28N4O4S. The quantitative estimate of drug-likeness (QED) is 0.454. The Balaban J connectivity index is 1.40. The number of para-hydroxylation sites is 1. The van der Waals surface area contributed by atoms with E-state index in [-0.39, 0.29) is 24.3 Å². The van der Waals surface area contributed by atoms with Gasteiger partial charge in [0, 0.05) is 18.5 Å². The van der Waals surface area contributed by atoms with Crippen LogP contribution in [0.5, 0.6) is 11.5 Å². The molecule has 1 N–H and O–H groups in total. The molecule has 3 aromatic rings. The molecule has 0 aliphatic carbocycles. The Kier molecular flexibility index (Phi) is 7.46. The Bertz CT molecular complexity index is 1410. The molecule has 0 unspecified atom stereocenters. The normalized spacial score (nSPS) is 18.7. The zero-order valence-electron chi connectivity index (χ0n) is 21.4. The summed E-state index contributed by atoms with van der Waals surface area (Å²) in [5.74, 6) is 0.674. The van der Waals surface area contributed by atoms with Gasteiger partial charge in [-0.1, -0.05) is 65.9 Å². The minimum atomic E-state index is -0.613. The van der Waals surface area contributed by atoms with E-state index in [9.17, 15) is 9.59 Å². The van der Waals surface area contributed by atoms with Gasteiger partial charge in [0.05, 0.1) is 26.0 Å². The van der Waals surface area contributed by atoms with Crippen LogP contribution in [0.4, 0.5) is 5.69 Å². The first-order valence-electron chi connectivity index (χ1n) is 12.2. The molecule has 3 aromatic carbocycles. The summed E-state index contributed by atoms with van der Waals surface area (Å²) in [6, 6.07) is 22.9. The van der Waals surface area contributed by atoms with E-state index in [1.54, 1.807) is 19.2 Å². The zero-order chi connectivity index (χ0) is 26.6. The molecule has 0 fully saturated rings. The Morgan fingerprint density at radius 3 is 2.47 bits per heavy atom. The Labute approximate surface area is 225 Å². The minimum absolute atomic E-state index is 0.0226. The number of nitrogens with one attached hydrogen (secondary N) is 1. The van der Waals surface area contributed by atoms with Crippen molar-refractivity contribution >= 4 is 40.1 Å². The Morgan fingerprint density at radius 2 is 1.76 bits per heavy atom.